The highest BCUT2D eigenvalue weighted by Gasteiger charge is 2.97. The van der Waals surface area contributed by atoms with Crippen LogP contribution in [0.3, 0.4) is 0 Å². The normalized spacial score (nSPS) is 14.9. The summed E-state index contributed by atoms with van der Waals surface area (Å²) in [6.45, 7) is -0.957. The van der Waals surface area contributed by atoms with Gasteiger partial charge in [0.15, 0.2) is 0 Å². The van der Waals surface area contributed by atoms with Crippen LogP contribution in [0.2, 0.25) is 0 Å². The van der Waals surface area contributed by atoms with E-state index in [1.807, 2.05) is 0 Å². The number of nitrogens with zero attached hydrogens (tertiary/aromatic N) is 6. The van der Waals surface area contributed by atoms with E-state index in [0.717, 1.165) is 0 Å². The first kappa shape index (κ1) is 48.8. The summed E-state index contributed by atoms with van der Waals surface area (Å²) in [7, 11) is 1.49. The molecule has 0 unspecified atom stereocenters. The zero-order valence-corrected chi connectivity index (χ0v) is 27.5. The van der Waals surface area contributed by atoms with Crippen LogP contribution in [-0.4, -0.2) is 130 Å². The van der Waals surface area contributed by atoms with Gasteiger partial charge in [-0.05, 0) is 0 Å². The molecule has 0 atom stereocenters. The third kappa shape index (κ3) is 9.02. The Kier molecular flexibility index (Phi) is 14.7. The average Bonchev–Trinajstić information content (AvgIpc) is 3.73. The van der Waals surface area contributed by atoms with E-state index in [9.17, 15) is 92.2 Å². The number of aryl methyl sites for hydroxylation is 1. The second kappa shape index (κ2) is 16.9. The van der Waals surface area contributed by atoms with Crippen LogP contribution in [0.25, 0.3) is 0 Å². The third-order valence-electron chi connectivity index (χ3n) is 7.17. The molecule has 0 fully saturated rings. The molecule has 0 saturated heterocycles. The van der Waals surface area contributed by atoms with Gasteiger partial charge in [0.05, 0.1) is 65.2 Å². The maximum absolute atomic E-state index is 14.3. The molecule has 326 valence electrons. The molecule has 31 heteroatoms. The van der Waals surface area contributed by atoms with Gasteiger partial charge in [-0.15, -0.1) is 10.2 Å². The van der Waals surface area contributed by atoms with E-state index in [1.54, 1.807) is 0 Å². The standard InChI is InChI=1S/C25H25F21N6O4/c1-53-6-7-55-9-8-54-5-4-52-11-15(48-50-52)13-56-12-14-10-51(49-47-14)3-2-16(26,27)17(28,29)18(30,31)19(32,33)20(34,35)21(36,37)22(38,39)23(40,41)24(42,43)25(44,45)46/h10-11H,2-9,12-13H2,1H3. The molecule has 2 heterocycles. The molecule has 2 aromatic heterocycles. The summed E-state index contributed by atoms with van der Waals surface area (Å²) >= 11 is 0. The quantitative estimate of drug-likeness (QED) is 0.0828. The smallest absolute Gasteiger partial charge is 0.382 e. The van der Waals surface area contributed by atoms with Crippen LogP contribution in [0.4, 0.5) is 92.2 Å². The summed E-state index contributed by atoms with van der Waals surface area (Å²) < 4.78 is 307. The molecule has 2 aromatic rings. The lowest BCUT2D eigenvalue weighted by Crippen LogP contribution is -2.76. The number of rotatable bonds is 24. The minimum absolute atomic E-state index is 0.115. The Labute approximate surface area is 298 Å². The fourth-order valence-electron chi connectivity index (χ4n) is 3.91. The first-order chi connectivity index (χ1) is 25.2. The first-order valence-electron chi connectivity index (χ1n) is 14.7. The van der Waals surface area contributed by atoms with Gasteiger partial charge < -0.3 is 18.9 Å². The molecule has 10 nitrogen and oxygen atoms in total. The number of aromatic nitrogens is 6. The van der Waals surface area contributed by atoms with Gasteiger partial charge in [-0.25, -0.2) is 4.68 Å². The first-order valence-corrected chi connectivity index (χ1v) is 14.7. The Hall–Kier alpha value is -3.35. The summed E-state index contributed by atoms with van der Waals surface area (Å²) in [5.41, 5.74) is -0.138. The Morgan fingerprint density at radius 2 is 0.804 bits per heavy atom. The second-order valence-corrected chi connectivity index (χ2v) is 11.2. The summed E-state index contributed by atoms with van der Waals surface area (Å²) in [6, 6.07) is 0. The average molecular weight is 872 g/mol. The van der Waals surface area contributed by atoms with Gasteiger partial charge in [-0.3, -0.25) is 4.68 Å². The molecule has 0 amide bonds. The number of alkyl halides is 21. The zero-order chi connectivity index (χ0) is 43.5. The van der Waals surface area contributed by atoms with Crippen LogP contribution in [0.5, 0.6) is 0 Å². The molecule has 0 aromatic carbocycles. The van der Waals surface area contributed by atoms with E-state index in [0.29, 0.717) is 19.4 Å². The number of methoxy groups -OCH3 is 1. The molecule has 2 rings (SSSR count). The van der Waals surface area contributed by atoms with Crippen LogP contribution >= 0.6 is 0 Å². The monoisotopic (exact) mass is 872 g/mol. The van der Waals surface area contributed by atoms with E-state index in [2.05, 4.69) is 20.6 Å². The van der Waals surface area contributed by atoms with Crippen LogP contribution < -0.4 is 0 Å². The lowest BCUT2D eigenvalue weighted by molar-refractivity contribution is -0.474. The molecule has 0 bridgehead atoms. The van der Waals surface area contributed by atoms with Crippen molar-refractivity contribution in [1.29, 1.82) is 0 Å². The van der Waals surface area contributed by atoms with Crippen molar-refractivity contribution in [3.8, 4) is 0 Å². The molecule has 0 saturated carbocycles. The molecule has 0 radical (unpaired) electrons. The van der Waals surface area contributed by atoms with Crippen molar-refractivity contribution in [2.24, 2.45) is 0 Å². The number of ether oxygens (including phenoxy) is 4. The molecule has 0 N–H and O–H groups in total. The number of hydrogen-bond acceptors (Lipinski definition) is 8. The summed E-state index contributed by atoms with van der Waals surface area (Å²) in [4.78, 5) is 0. The highest BCUT2D eigenvalue weighted by Crippen LogP contribution is 2.66. The molecular weight excluding hydrogens is 847 g/mol. The topological polar surface area (TPSA) is 98.3 Å². The molecule has 0 aliphatic heterocycles. The zero-order valence-electron chi connectivity index (χ0n) is 27.5. The lowest BCUT2D eigenvalue weighted by Gasteiger charge is -2.44. The lowest BCUT2D eigenvalue weighted by atomic mass is 9.86. The summed E-state index contributed by atoms with van der Waals surface area (Å²) in [6.07, 6.45) is -8.91. The molecule has 0 aliphatic rings. The molecule has 0 spiro atoms. The van der Waals surface area contributed by atoms with Crippen molar-refractivity contribution in [2.75, 3.05) is 40.1 Å². The van der Waals surface area contributed by atoms with Crippen molar-refractivity contribution in [3.63, 3.8) is 0 Å². The Bertz CT molecular complexity index is 1550. The largest absolute Gasteiger partial charge is 0.460 e. The third-order valence-corrected chi connectivity index (χ3v) is 7.17. The van der Waals surface area contributed by atoms with E-state index in [4.69, 9.17) is 18.9 Å². The molecule has 56 heavy (non-hydrogen) atoms. The Morgan fingerprint density at radius 1 is 0.446 bits per heavy atom. The van der Waals surface area contributed by atoms with Crippen LogP contribution in [0.1, 0.15) is 17.8 Å². The van der Waals surface area contributed by atoms with Gasteiger partial charge in [0, 0.05) is 20.1 Å². The van der Waals surface area contributed by atoms with Crippen molar-refractivity contribution in [3.05, 3.63) is 23.8 Å². The predicted octanol–water partition coefficient (Wildman–Crippen LogP) is 6.94. The van der Waals surface area contributed by atoms with Crippen molar-refractivity contribution >= 4 is 0 Å². The van der Waals surface area contributed by atoms with Crippen molar-refractivity contribution < 1.29 is 111 Å². The maximum Gasteiger partial charge on any atom is 0.460 e. The maximum atomic E-state index is 14.3. The fraction of sp³-hybridized carbons (Fsp3) is 0.840. The van der Waals surface area contributed by atoms with E-state index < -0.39 is 79.1 Å². The predicted molar refractivity (Wildman–Crippen MR) is 137 cm³/mol. The Morgan fingerprint density at radius 3 is 1.21 bits per heavy atom. The highest BCUT2D eigenvalue weighted by atomic mass is 19.4. The van der Waals surface area contributed by atoms with E-state index in [-0.39, 0.29) is 49.0 Å². The second-order valence-electron chi connectivity index (χ2n) is 11.2. The van der Waals surface area contributed by atoms with Crippen LogP contribution in [0, 0.1) is 0 Å². The molecular formula is C25H25F21N6O4. The van der Waals surface area contributed by atoms with Gasteiger partial charge >= 0.3 is 59.5 Å². The van der Waals surface area contributed by atoms with E-state index >= 15 is 0 Å². The highest BCUT2D eigenvalue weighted by molar-refractivity contribution is 5.18. The fourth-order valence-corrected chi connectivity index (χ4v) is 3.91. The van der Waals surface area contributed by atoms with E-state index in [1.165, 1.54) is 18.0 Å². The van der Waals surface area contributed by atoms with Gasteiger partial charge in [0.1, 0.15) is 11.4 Å². The Balaban J connectivity index is 2.09. The minimum atomic E-state index is -9.22. The number of halogens is 21. The SMILES string of the molecule is COCCOCCOCCn1cc(COCc2cn(CCC(F)(F)C(F)(F)C(F)(F)C(F)(F)C(F)(F)C(F)(F)C(F)(F)C(F)(F)C(F)(F)C(F)(F)F)nn2)nn1. The summed E-state index contributed by atoms with van der Waals surface area (Å²) in [5.74, 6) is -77.4. The van der Waals surface area contributed by atoms with Gasteiger partial charge in [-0.2, -0.15) is 92.2 Å². The minimum Gasteiger partial charge on any atom is -0.382 e. The van der Waals surface area contributed by atoms with Crippen molar-refractivity contribution in [2.45, 2.75) is 92.2 Å². The van der Waals surface area contributed by atoms with Gasteiger partial charge in [-0.1, -0.05) is 10.4 Å². The molecule has 0 aliphatic carbocycles. The number of hydrogen-bond donors (Lipinski definition) is 0. The van der Waals surface area contributed by atoms with Crippen molar-refractivity contribution in [1.82, 2.24) is 30.0 Å². The van der Waals surface area contributed by atoms with Crippen LogP contribution in [-0.2, 0) is 45.3 Å². The van der Waals surface area contributed by atoms with Gasteiger partial charge in [0.2, 0.25) is 0 Å². The summed E-state index contributed by atoms with van der Waals surface area (Å²) in [5, 5.41) is 13.9. The van der Waals surface area contributed by atoms with Gasteiger partial charge in [0.25, 0.3) is 0 Å². The van der Waals surface area contributed by atoms with Crippen LogP contribution in [0.15, 0.2) is 12.4 Å².